The molecule has 0 aliphatic carbocycles. The van der Waals surface area contributed by atoms with Crippen molar-refractivity contribution in [2.24, 2.45) is 0 Å². The molecular formula is C29H37N2O8S2+. The SMILES string of the molecule is COS(=O)(=O)c1ccc2c(c1)C(C)(CCCS(=O)(=O)O)C(/C=C/C=C/Nc1ccccc1)=[N+]2CCCCCC(=O)O. The van der Waals surface area contributed by atoms with Crippen LogP contribution in [0.3, 0.4) is 0 Å². The van der Waals surface area contributed by atoms with Gasteiger partial charge in [-0.3, -0.25) is 13.5 Å². The number of carboxylic acids is 1. The molecule has 0 fully saturated rings. The number of anilines is 1. The van der Waals surface area contributed by atoms with E-state index in [1.54, 1.807) is 18.3 Å². The summed E-state index contributed by atoms with van der Waals surface area (Å²) in [5.41, 5.74) is 2.43. The highest BCUT2D eigenvalue weighted by Crippen LogP contribution is 2.44. The summed E-state index contributed by atoms with van der Waals surface area (Å²) in [7, 11) is -7.09. The van der Waals surface area contributed by atoms with Crippen LogP contribution in [0.2, 0.25) is 0 Å². The first-order valence-corrected chi connectivity index (χ1v) is 16.3. The van der Waals surface area contributed by atoms with Crippen LogP contribution < -0.4 is 5.32 Å². The molecule has 3 rings (SSSR count). The van der Waals surface area contributed by atoms with Crippen LogP contribution in [0.15, 0.2) is 77.9 Å². The third-order valence-corrected chi connectivity index (χ3v) is 9.13. The first-order valence-electron chi connectivity index (χ1n) is 13.3. The van der Waals surface area contributed by atoms with Gasteiger partial charge in [-0.05, 0) is 62.9 Å². The molecule has 1 aliphatic rings. The van der Waals surface area contributed by atoms with Gasteiger partial charge < -0.3 is 10.4 Å². The van der Waals surface area contributed by atoms with E-state index in [9.17, 15) is 26.2 Å². The molecule has 41 heavy (non-hydrogen) atoms. The number of unbranched alkanes of at least 4 members (excludes halogenated alkanes) is 2. The van der Waals surface area contributed by atoms with Gasteiger partial charge in [-0.25, -0.2) is 0 Å². The van der Waals surface area contributed by atoms with Gasteiger partial charge in [0.2, 0.25) is 5.69 Å². The summed E-state index contributed by atoms with van der Waals surface area (Å²) in [5, 5.41) is 12.2. The van der Waals surface area contributed by atoms with E-state index in [1.807, 2.05) is 55.5 Å². The highest BCUT2D eigenvalue weighted by molar-refractivity contribution is 7.86. The number of hydrogen-bond donors (Lipinski definition) is 3. The van der Waals surface area contributed by atoms with Gasteiger partial charge in [-0.1, -0.05) is 24.3 Å². The zero-order chi connectivity index (χ0) is 30.1. The Kier molecular flexibility index (Phi) is 11.0. The molecule has 2 aromatic carbocycles. The number of nitrogens with zero attached hydrogens (tertiary/aromatic N) is 1. The smallest absolute Gasteiger partial charge is 0.303 e. The van der Waals surface area contributed by atoms with Crippen molar-refractivity contribution in [3.63, 3.8) is 0 Å². The predicted molar refractivity (Wildman–Crippen MR) is 158 cm³/mol. The Balaban J connectivity index is 2.02. The number of carbonyl (C=O) groups is 1. The van der Waals surface area contributed by atoms with Crippen molar-refractivity contribution in [3.05, 3.63) is 78.5 Å². The molecular weight excluding hydrogens is 568 g/mol. The van der Waals surface area contributed by atoms with Gasteiger partial charge in [0.25, 0.3) is 20.2 Å². The fourth-order valence-corrected chi connectivity index (χ4v) is 6.20. The Morgan fingerprint density at radius 2 is 1.76 bits per heavy atom. The van der Waals surface area contributed by atoms with Crippen molar-refractivity contribution in [2.75, 3.05) is 24.7 Å². The first kappa shape index (κ1) is 32.2. The van der Waals surface area contributed by atoms with Crippen LogP contribution in [-0.4, -0.2) is 62.2 Å². The number of hydrogen-bond acceptors (Lipinski definition) is 7. The van der Waals surface area contributed by atoms with Crippen molar-refractivity contribution in [1.82, 2.24) is 0 Å². The number of allylic oxidation sites excluding steroid dienone is 3. The molecule has 3 N–H and O–H groups in total. The van der Waals surface area contributed by atoms with Gasteiger partial charge in [0.15, 0.2) is 5.71 Å². The van der Waals surface area contributed by atoms with E-state index in [1.165, 1.54) is 6.07 Å². The van der Waals surface area contributed by atoms with Crippen molar-refractivity contribution >= 4 is 43.3 Å². The van der Waals surface area contributed by atoms with Gasteiger partial charge in [-0.2, -0.15) is 21.4 Å². The van der Waals surface area contributed by atoms with Gasteiger partial charge in [-0.15, -0.1) is 0 Å². The highest BCUT2D eigenvalue weighted by Gasteiger charge is 2.47. The lowest BCUT2D eigenvalue weighted by Gasteiger charge is -2.22. The molecule has 12 heteroatoms. The lowest BCUT2D eigenvalue weighted by molar-refractivity contribution is -0.438. The molecule has 1 aliphatic heterocycles. The van der Waals surface area contributed by atoms with Crippen molar-refractivity contribution in [1.29, 1.82) is 0 Å². The van der Waals surface area contributed by atoms with Crippen LogP contribution in [0.1, 0.15) is 51.0 Å². The zero-order valence-electron chi connectivity index (χ0n) is 23.2. The lowest BCUT2D eigenvalue weighted by atomic mass is 9.76. The van der Waals surface area contributed by atoms with Gasteiger partial charge >= 0.3 is 5.97 Å². The van der Waals surface area contributed by atoms with Crippen LogP contribution in [0.5, 0.6) is 0 Å². The summed E-state index contributed by atoms with van der Waals surface area (Å²) >= 11 is 0. The molecule has 2 aromatic rings. The average Bonchev–Trinajstić information content (AvgIpc) is 3.14. The number of carboxylic acid groups (broad SMARTS) is 1. The van der Waals surface area contributed by atoms with E-state index >= 15 is 0 Å². The molecule has 0 amide bonds. The summed E-state index contributed by atoms with van der Waals surface area (Å²) in [6, 6.07) is 14.4. The molecule has 1 heterocycles. The van der Waals surface area contributed by atoms with E-state index in [-0.39, 0.29) is 17.7 Å². The third-order valence-electron chi connectivity index (χ3n) is 7.05. The van der Waals surface area contributed by atoms with E-state index in [0.29, 0.717) is 37.8 Å². The van der Waals surface area contributed by atoms with Crippen LogP contribution >= 0.6 is 0 Å². The Morgan fingerprint density at radius 3 is 2.41 bits per heavy atom. The summed E-state index contributed by atoms with van der Waals surface area (Å²) < 4.78 is 64.3. The molecule has 0 radical (unpaired) electrons. The van der Waals surface area contributed by atoms with Crippen molar-refractivity contribution < 1.29 is 40.0 Å². The maximum atomic E-state index is 12.5. The minimum atomic E-state index is -4.19. The number of aliphatic carboxylic acids is 1. The van der Waals surface area contributed by atoms with Crippen LogP contribution in [-0.2, 0) is 34.6 Å². The van der Waals surface area contributed by atoms with Crippen molar-refractivity contribution in [2.45, 2.75) is 55.8 Å². The Bertz CT molecular complexity index is 1530. The van der Waals surface area contributed by atoms with E-state index < -0.39 is 37.4 Å². The maximum Gasteiger partial charge on any atom is 0.303 e. The largest absolute Gasteiger partial charge is 0.481 e. The Morgan fingerprint density at radius 1 is 1.02 bits per heavy atom. The highest BCUT2D eigenvalue weighted by atomic mass is 32.2. The molecule has 222 valence electrons. The minimum Gasteiger partial charge on any atom is -0.481 e. The van der Waals surface area contributed by atoms with Gasteiger partial charge in [0, 0.05) is 42.4 Å². The molecule has 1 unspecified atom stereocenters. The fourth-order valence-electron chi connectivity index (χ4n) is 5.00. The minimum absolute atomic E-state index is 0.0154. The summed E-state index contributed by atoms with van der Waals surface area (Å²) in [4.78, 5) is 10.9. The number of para-hydroxylation sites is 1. The number of rotatable bonds is 16. The Hall–Kier alpha value is -3.32. The molecule has 0 saturated carbocycles. The predicted octanol–water partition coefficient (Wildman–Crippen LogP) is 4.87. The van der Waals surface area contributed by atoms with E-state index in [0.717, 1.165) is 24.2 Å². The quantitative estimate of drug-likeness (QED) is 0.0800. The number of benzene rings is 2. The third kappa shape index (κ3) is 8.83. The fraction of sp³-hybridized carbons (Fsp3) is 0.379. The monoisotopic (exact) mass is 605 g/mol. The Labute approximate surface area is 241 Å². The van der Waals surface area contributed by atoms with Crippen LogP contribution in [0.25, 0.3) is 0 Å². The number of nitrogens with one attached hydrogen (secondary N) is 1. The molecule has 1 atom stereocenters. The van der Waals surface area contributed by atoms with Gasteiger partial charge in [0.1, 0.15) is 6.54 Å². The van der Waals surface area contributed by atoms with Crippen LogP contribution in [0.4, 0.5) is 11.4 Å². The average molecular weight is 606 g/mol. The second-order valence-corrected chi connectivity index (χ2v) is 13.3. The molecule has 0 saturated heterocycles. The molecule has 0 aromatic heterocycles. The zero-order valence-corrected chi connectivity index (χ0v) is 24.8. The standard InChI is InChI=1S/C29H36N2O8S2/c1-29(18-11-21-40(34,35)36)25-22-24(41(37,38)39-2)16-17-26(25)31(20-10-4-7-15-28(32)33)27(29)14-8-9-19-30-23-12-5-3-6-13-23/h3,5-6,8-9,12-14,16-17,19,22H,4,7,10-11,15,18,20-21H2,1-2H3,(H2,32,33,34,35,36)/p+1. The molecule has 10 nitrogen and oxygen atoms in total. The van der Waals surface area contributed by atoms with Gasteiger partial charge in [0.05, 0.1) is 23.2 Å². The van der Waals surface area contributed by atoms with Crippen molar-refractivity contribution in [3.8, 4) is 0 Å². The topological polar surface area (TPSA) is 150 Å². The van der Waals surface area contributed by atoms with E-state index in [4.69, 9.17) is 9.29 Å². The van der Waals surface area contributed by atoms with E-state index in [2.05, 4.69) is 9.89 Å². The summed E-state index contributed by atoms with van der Waals surface area (Å²) in [6.45, 7) is 2.47. The number of fused-ring (bicyclic) bond motifs is 1. The van der Waals surface area contributed by atoms with Crippen LogP contribution in [0, 0.1) is 0 Å². The first-order chi connectivity index (χ1) is 19.4. The lowest BCUT2D eigenvalue weighted by Crippen LogP contribution is -2.32. The molecule has 0 bridgehead atoms. The normalized spacial score (nSPS) is 17.4. The second-order valence-electron chi connectivity index (χ2n) is 9.99. The maximum absolute atomic E-state index is 12.5. The summed E-state index contributed by atoms with van der Waals surface area (Å²) in [6.07, 6.45) is 9.82. The summed E-state index contributed by atoms with van der Waals surface area (Å²) in [5.74, 6) is -1.28. The second kappa shape index (κ2) is 14.0. The molecule has 0 spiro atoms.